The smallest absolute Gasteiger partial charge is 0.165 e. The third kappa shape index (κ3) is 2.24. The number of nitrogens with two attached hydrogens (primary N) is 1. The lowest BCUT2D eigenvalue weighted by molar-refractivity contribution is 0.283. The summed E-state index contributed by atoms with van der Waals surface area (Å²) in [7, 11) is 1.53. The van der Waals surface area contributed by atoms with Gasteiger partial charge in [0.15, 0.2) is 11.6 Å². The number of benzene rings is 1. The summed E-state index contributed by atoms with van der Waals surface area (Å²) < 4.78 is 19.3. The maximum Gasteiger partial charge on any atom is 0.165 e. The molecule has 1 saturated carbocycles. The van der Waals surface area contributed by atoms with Crippen LogP contribution in [0.2, 0.25) is 0 Å². The summed E-state index contributed by atoms with van der Waals surface area (Å²) in [5.74, 6) is 0.110. The quantitative estimate of drug-likeness (QED) is 0.894. The number of methoxy groups -OCH3 is 1. The van der Waals surface area contributed by atoms with E-state index in [1.165, 1.54) is 19.6 Å². The van der Waals surface area contributed by atoms with Crippen LogP contribution in [0.5, 0.6) is 5.75 Å². The monoisotopic (exact) mass is 251 g/mol. The lowest BCUT2D eigenvalue weighted by Crippen LogP contribution is -2.37. The summed E-state index contributed by atoms with van der Waals surface area (Å²) in [4.78, 5) is 0. The van der Waals surface area contributed by atoms with Crippen LogP contribution in [0.25, 0.3) is 0 Å². The second-order valence-electron chi connectivity index (χ2n) is 5.37. The minimum Gasteiger partial charge on any atom is -0.493 e. The minimum absolute atomic E-state index is 0.101. The van der Waals surface area contributed by atoms with E-state index in [1.54, 1.807) is 0 Å². The molecule has 100 valence electrons. The van der Waals surface area contributed by atoms with E-state index in [0.717, 1.165) is 36.8 Å². The minimum atomic E-state index is -0.272. The molecule has 2 rings (SSSR count). The third-order valence-corrected chi connectivity index (χ3v) is 4.16. The van der Waals surface area contributed by atoms with Crippen LogP contribution in [0.15, 0.2) is 12.1 Å². The Bertz CT molecular complexity index is 425. The Morgan fingerprint density at radius 1 is 1.28 bits per heavy atom. The zero-order chi connectivity index (χ0) is 13.2. The Morgan fingerprint density at radius 2 is 1.94 bits per heavy atom. The van der Waals surface area contributed by atoms with Crippen molar-refractivity contribution < 1.29 is 9.13 Å². The van der Waals surface area contributed by atoms with Crippen molar-refractivity contribution in [3.05, 3.63) is 29.1 Å². The largest absolute Gasteiger partial charge is 0.493 e. The molecule has 0 saturated heterocycles. The lowest BCUT2D eigenvalue weighted by Gasteiger charge is -2.37. The highest BCUT2D eigenvalue weighted by Gasteiger charge is 2.36. The molecule has 0 unspecified atom stereocenters. The first-order valence-electron chi connectivity index (χ1n) is 6.67. The zero-order valence-corrected chi connectivity index (χ0v) is 11.3. The highest BCUT2D eigenvalue weighted by Crippen LogP contribution is 2.43. The van der Waals surface area contributed by atoms with E-state index in [4.69, 9.17) is 10.5 Å². The molecule has 0 spiro atoms. The van der Waals surface area contributed by atoms with Gasteiger partial charge in [0.1, 0.15) is 0 Å². The van der Waals surface area contributed by atoms with Gasteiger partial charge in [0, 0.05) is 17.5 Å². The number of rotatable bonds is 3. The average molecular weight is 251 g/mol. The molecule has 1 aromatic carbocycles. The first-order chi connectivity index (χ1) is 8.63. The fourth-order valence-corrected chi connectivity index (χ4v) is 3.14. The molecule has 3 heteroatoms. The summed E-state index contributed by atoms with van der Waals surface area (Å²) in [6.45, 7) is 2.48. The maximum atomic E-state index is 14.0. The van der Waals surface area contributed by atoms with Gasteiger partial charge in [-0.05, 0) is 31.4 Å². The molecular formula is C15H22FNO. The van der Waals surface area contributed by atoms with Crippen LogP contribution in [-0.4, -0.2) is 13.7 Å². The molecule has 0 aromatic heterocycles. The summed E-state index contributed by atoms with van der Waals surface area (Å²) in [5.41, 5.74) is 7.81. The van der Waals surface area contributed by atoms with E-state index in [0.29, 0.717) is 12.3 Å². The number of halogens is 1. The van der Waals surface area contributed by atoms with Gasteiger partial charge in [0.05, 0.1) is 7.11 Å². The van der Waals surface area contributed by atoms with Crippen molar-refractivity contribution >= 4 is 0 Å². The molecule has 1 fully saturated rings. The van der Waals surface area contributed by atoms with Gasteiger partial charge >= 0.3 is 0 Å². The Hall–Kier alpha value is -1.09. The molecule has 18 heavy (non-hydrogen) atoms. The van der Waals surface area contributed by atoms with E-state index in [2.05, 4.69) is 0 Å². The first-order valence-corrected chi connectivity index (χ1v) is 6.67. The van der Waals surface area contributed by atoms with Crippen molar-refractivity contribution in [2.24, 2.45) is 5.73 Å². The standard InChI is InChI=1S/C15H22FNO/c1-11-8-12(14(18-2)13(16)9-11)15(10-17)6-4-3-5-7-15/h8-9H,3-7,10,17H2,1-2H3. The van der Waals surface area contributed by atoms with E-state index in [-0.39, 0.29) is 11.2 Å². The lowest BCUT2D eigenvalue weighted by atomic mass is 9.69. The Kier molecular flexibility index (Phi) is 3.91. The summed E-state index contributed by atoms with van der Waals surface area (Å²) >= 11 is 0. The van der Waals surface area contributed by atoms with Crippen LogP contribution in [-0.2, 0) is 5.41 Å². The Balaban J connectivity index is 2.53. The molecular weight excluding hydrogens is 229 g/mol. The van der Waals surface area contributed by atoms with Gasteiger partial charge in [0.25, 0.3) is 0 Å². The van der Waals surface area contributed by atoms with E-state index < -0.39 is 0 Å². The van der Waals surface area contributed by atoms with Gasteiger partial charge in [-0.1, -0.05) is 25.3 Å². The molecule has 1 aromatic rings. The second-order valence-corrected chi connectivity index (χ2v) is 5.37. The zero-order valence-electron chi connectivity index (χ0n) is 11.3. The van der Waals surface area contributed by atoms with E-state index in [1.807, 2.05) is 13.0 Å². The predicted molar refractivity (Wildman–Crippen MR) is 71.5 cm³/mol. The van der Waals surface area contributed by atoms with Crippen molar-refractivity contribution in [2.75, 3.05) is 13.7 Å². The molecule has 2 N–H and O–H groups in total. The fourth-order valence-electron chi connectivity index (χ4n) is 3.14. The van der Waals surface area contributed by atoms with Crippen LogP contribution >= 0.6 is 0 Å². The molecule has 0 atom stereocenters. The van der Waals surface area contributed by atoms with Gasteiger partial charge < -0.3 is 10.5 Å². The van der Waals surface area contributed by atoms with Crippen molar-refractivity contribution in [1.82, 2.24) is 0 Å². The van der Waals surface area contributed by atoms with Crippen LogP contribution in [0, 0.1) is 12.7 Å². The number of aryl methyl sites for hydroxylation is 1. The summed E-state index contributed by atoms with van der Waals surface area (Å²) in [6.07, 6.45) is 5.63. The molecule has 2 nitrogen and oxygen atoms in total. The van der Waals surface area contributed by atoms with Crippen LogP contribution in [0.4, 0.5) is 4.39 Å². The molecule has 0 radical (unpaired) electrons. The van der Waals surface area contributed by atoms with Crippen molar-refractivity contribution in [3.8, 4) is 5.75 Å². The summed E-state index contributed by atoms with van der Waals surface area (Å²) in [6, 6.07) is 3.56. The summed E-state index contributed by atoms with van der Waals surface area (Å²) in [5, 5.41) is 0. The molecule has 0 bridgehead atoms. The first kappa shape index (κ1) is 13.3. The highest BCUT2D eigenvalue weighted by atomic mass is 19.1. The topological polar surface area (TPSA) is 35.2 Å². The Morgan fingerprint density at radius 3 is 2.50 bits per heavy atom. The van der Waals surface area contributed by atoms with Crippen LogP contribution in [0.3, 0.4) is 0 Å². The third-order valence-electron chi connectivity index (χ3n) is 4.16. The predicted octanol–water partition coefficient (Wildman–Crippen LogP) is 3.30. The van der Waals surface area contributed by atoms with Gasteiger partial charge in [-0.25, -0.2) is 4.39 Å². The highest BCUT2D eigenvalue weighted by molar-refractivity contribution is 5.44. The number of hydrogen-bond donors (Lipinski definition) is 1. The van der Waals surface area contributed by atoms with Crippen LogP contribution < -0.4 is 10.5 Å². The molecule has 1 aliphatic carbocycles. The number of hydrogen-bond acceptors (Lipinski definition) is 2. The van der Waals surface area contributed by atoms with Gasteiger partial charge in [-0.2, -0.15) is 0 Å². The molecule has 0 amide bonds. The maximum absolute atomic E-state index is 14.0. The van der Waals surface area contributed by atoms with Gasteiger partial charge in [-0.15, -0.1) is 0 Å². The Labute approximate surface area is 108 Å². The molecule has 0 heterocycles. The van der Waals surface area contributed by atoms with Crippen molar-refractivity contribution in [2.45, 2.75) is 44.4 Å². The van der Waals surface area contributed by atoms with Crippen LogP contribution in [0.1, 0.15) is 43.2 Å². The SMILES string of the molecule is COc1c(F)cc(C)cc1C1(CN)CCCCC1. The normalized spacial score (nSPS) is 18.7. The number of ether oxygens (including phenoxy) is 1. The molecule has 0 aliphatic heterocycles. The van der Waals surface area contributed by atoms with Gasteiger partial charge in [0.2, 0.25) is 0 Å². The van der Waals surface area contributed by atoms with Gasteiger partial charge in [-0.3, -0.25) is 0 Å². The van der Waals surface area contributed by atoms with E-state index >= 15 is 0 Å². The second kappa shape index (κ2) is 5.27. The van der Waals surface area contributed by atoms with Crippen molar-refractivity contribution in [1.29, 1.82) is 0 Å². The molecule has 1 aliphatic rings. The fraction of sp³-hybridized carbons (Fsp3) is 0.600. The van der Waals surface area contributed by atoms with E-state index in [9.17, 15) is 4.39 Å². The van der Waals surface area contributed by atoms with Crippen molar-refractivity contribution in [3.63, 3.8) is 0 Å². The average Bonchev–Trinajstić information content (AvgIpc) is 2.38.